The number of halogens is 5. The van der Waals surface area contributed by atoms with Crippen LogP contribution in [0.15, 0.2) is 30.3 Å². The Bertz CT molecular complexity index is 425. The number of aliphatic hydroxyl groups is 1. The molecule has 18 heavy (non-hydrogen) atoms. The summed E-state index contributed by atoms with van der Waals surface area (Å²) in [5.74, 6) is -3.61. The summed E-state index contributed by atoms with van der Waals surface area (Å²) in [5.41, 5.74) is -1.24. The second kappa shape index (κ2) is 5.06. The van der Waals surface area contributed by atoms with Gasteiger partial charge >= 0.3 is 6.18 Å². The summed E-state index contributed by atoms with van der Waals surface area (Å²) in [6, 6.07) is 3.57. The minimum absolute atomic E-state index is 0.226. The molecule has 0 fully saturated rings. The molecule has 1 rings (SSSR count). The van der Waals surface area contributed by atoms with E-state index in [-0.39, 0.29) is 5.56 Å². The van der Waals surface area contributed by atoms with E-state index in [9.17, 15) is 22.0 Å². The number of hydrogen-bond donors (Lipinski definition) is 1. The van der Waals surface area contributed by atoms with Gasteiger partial charge in [0.05, 0.1) is 5.56 Å². The zero-order valence-corrected chi connectivity index (χ0v) is 9.09. The molecule has 1 nitrogen and oxygen atoms in total. The van der Waals surface area contributed by atoms with Crippen molar-refractivity contribution in [2.45, 2.75) is 24.6 Å². The molecule has 0 aliphatic heterocycles. The molecule has 1 radical (unpaired) electrons. The maximum Gasteiger partial charge on any atom is 0.416 e. The Kier molecular flexibility index (Phi) is 4.11. The van der Waals surface area contributed by atoms with Gasteiger partial charge in [-0.1, -0.05) is 30.9 Å². The molecule has 0 heterocycles. The Labute approximate surface area is 101 Å². The van der Waals surface area contributed by atoms with Crippen molar-refractivity contribution in [3.8, 4) is 0 Å². The molecule has 99 valence electrons. The summed E-state index contributed by atoms with van der Waals surface area (Å²) in [5, 5.41) is 8.92. The highest BCUT2D eigenvalue weighted by Crippen LogP contribution is 2.31. The number of benzene rings is 1. The van der Waals surface area contributed by atoms with Crippen LogP contribution in [0, 0.1) is 6.58 Å². The fourth-order valence-corrected chi connectivity index (χ4v) is 1.38. The SMILES string of the molecule is [CH]=CC(O)C(F)(F)Cc1cccc(C(F)(F)F)c1. The number of hydrogen-bond acceptors (Lipinski definition) is 1. The van der Waals surface area contributed by atoms with E-state index in [1.807, 2.05) is 0 Å². The molecule has 0 aliphatic carbocycles. The first-order valence-electron chi connectivity index (χ1n) is 4.94. The molecule has 0 aliphatic rings. The third-order valence-corrected chi connectivity index (χ3v) is 2.31. The lowest BCUT2D eigenvalue weighted by atomic mass is 10.0. The van der Waals surface area contributed by atoms with Gasteiger partial charge in [0.2, 0.25) is 0 Å². The van der Waals surface area contributed by atoms with Crippen LogP contribution in [0.5, 0.6) is 0 Å². The number of rotatable bonds is 4. The van der Waals surface area contributed by atoms with Crippen LogP contribution in [-0.2, 0) is 12.6 Å². The van der Waals surface area contributed by atoms with Gasteiger partial charge in [0.1, 0.15) is 6.10 Å². The normalized spacial score (nSPS) is 14.3. The van der Waals surface area contributed by atoms with E-state index < -0.39 is 30.2 Å². The maximum absolute atomic E-state index is 13.3. The van der Waals surface area contributed by atoms with Gasteiger partial charge in [0.15, 0.2) is 0 Å². The van der Waals surface area contributed by atoms with Gasteiger partial charge in [-0.3, -0.25) is 0 Å². The molecular weight excluding hydrogens is 255 g/mol. The van der Waals surface area contributed by atoms with E-state index in [1.54, 1.807) is 0 Å². The molecule has 0 bridgehead atoms. The number of aliphatic hydroxyl groups excluding tert-OH is 1. The van der Waals surface area contributed by atoms with Gasteiger partial charge in [-0.15, -0.1) is 0 Å². The molecule has 1 unspecified atom stereocenters. The number of alkyl halides is 5. The van der Waals surface area contributed by atoms with Crippen molar-refractivity contribution in [3.05, 3.63) is 48.0 Å². The van der Waals surface area contributed by atoms with Crippen LogP contribution in [0.2, 0.25) is 0 Å². The van der Waals surface area contributed by atoms with E-state index in [0.717, 1.165) is 18.2 Å². The standard InChI is InChI=1S/C12H10F5O/c1-2-10(18)11(13,14)7-8-4-3-5-9(6-8)12(15,16)17/h1-6,10,18H,7H2. The molecular formula is C12H10F5O. The summed E-state index contributed by atoms with van der Waals surface area (Å²) < 4.78 is 63.7. The summed E-state index contributed by atoms with van der Waals surface area (Å²) in [6.07, 6.45) is -7.42. The first kappa shape index (κ1) is 14.6. The van der Waals surface area contributed by atoms with Gasteiger partial charge in [-0.25, -0.2) is 8.78 Å². The maximum atomic E-state index is 13.3. The smallest absolute Gasteiger partial charge is 0.383 e. The van der Waals surface area contributed by atoms with Crippen LogP contribution in [0.4, 0.5) is 22.0 Å². The van der Waals surface area contributed by atoms with Crippen LogP contribution >= 0.6 is 0 Å². The highest BCUT2D eigenvalue weighted by atomic mass is 19.4. The minimum Gasteiger partial charge on any atom is -0.383 e. The second-order valence-electron chi connectivity index (χ2n) is 3.77. The molecule has 0 spiro atoms. The van der Waals surface area contributed by atoms with Crippen molar-refractivity contribution < 1.29 is 27.1 Å². The van der Waals surface area contributed by atoms with Gasteiger partial charge in [0, 0.05) is 6.42 Å². The molecule has 6 heteroatoms. The topological polar surface area (TPSA) is 20.2 Å². The Morgan fingerprint density at radius 3 is 2.33 bits per heavy atom. The first-order chi connectivity index (χ1) is 8.16. The Morgan fingerprint density at radius 2 is 1.83 bits per heavy atom. The van der Waals surface area contributed by atoms with E-state index in [0.29, 0.717) is 12.1 Å². The van der Waals surface area contributed by atoms with E-state index >= 15 is 0 Å². The minimum atomic E-state index is -4.59. The van der Waals surface area contributed by atoms with Crippen molar-refractivity contribution >= 4 is 0 Å². The lowest BCUT2D eigenvalue weighted by Crippen LogP contribution is -2.34. The molecule has 1 N–H and O–H groups in total. The van der Waals surface area contributed by atoms with Crippen LogP contribution < -0.4 is 0 Å². The molecule has 1 aromatic carbocycles. The fraction of sp³-hybridized carbons (Fsp3) is 0.333. The molecule has 1 atom stereocenters. The van der Waals surface area contributed by atoms with E-state index in [1.165, 1.54) is 0 Å². The van der Waals surface area contributed by atoms with Gasteiger partial charge in [0.25, 0.3) is 5.92 Å². The second-order valence-corrected chi connectivity index (χ2v) is 3.77. The molecule has 0 saturated carbocycles. The van der Waals surface area contributed by atoms with Crippen molar-refractivity contribution in [2.24, 2.45) is 0 Å². The van der Waals surface area contributed by atoms with Crippen molar-refractivity contribution in [1.82, 2.24) is 0 Å². The van der Waals surface area contributed by atoms with Crippen molar-refractivity contribution in [3.63, 3.8) is 0 Å². The fourth-order valence-electron chi connectivity index (χ4n) is 1.38. The van der Waals surface area contributed by atoms with E-state index in [4.69, 9.17) is 11.7 Å². The summed E-state index contributed by atoms with van der Waals surface area (Å²) in [7, 11) is 0. The predicted octanol–water partition coefficient (Wildman–Crippen LogP) is 3.23. The zero-order valence-electron chi connectivity index (χ0n) is 9.09. The van der Waals surface area contributed by atoms with E-state index in [2.05, 4.69) is 0 Å². The molecule has 1 aromatic rings. The Balaban J connectivity index is 2.96. The summed E-state index contributed by atoms with van der Waals surface area (Å²) >= 11 is 0. The first-order valence-corrected chi connectivity index (χ1v) is 4.94. The third kappa shape index (κ3) is 3.53. The van der Waals surface area contributed by atoms with Gasteiger partial charge in [-0.05, 0) is 11.6 Å². The van der Waals surface area contributed by atoms with Gasteiger partial charge < -0.3 is 5.11 Å². The summed E-state index contributed by atoms with van der Waals surface area (Å²) in [6.45, 7) is 4.78. The zero-order chi connectivity index (χ0) is 14.0. The lowest BCUT2D eigenvalue weighted by Gasteiger charge is -2.20. The Hall–Kier alpha value is -1.43. The highest BCUT2D eigenvalue weighted by Gasteiger charge is 2.37. The average molecular weight is 265 g/mol. The molecule has 0 aromatic heterocycles. The van der Waals surface area contributed by atoms with Crippen LogP contribution in [0.25, 0.3) is 0 Å². The molecule has 0 saturated heterocycles. The quantitative estimate of drug-likeness (QED) is 0.829. The van der Waals surface area contributed by atoms with Crippen molar-refractivity contribution in [2.75, 3.05) is 0 Å². The van der Waals surface area contributed by atoms with Gasteiger partial charge in [-0.2, -0.15) is 13.2 Å². The monoisotopic (exact) mass is 265 g/mol. The third-order valence-electron chi connectivity index (χ3n) is 2.31. The van der Waals surface area contributed by atoms with Crippen LogP contribution in [0.3, 0.4) is 0 Å². The highest BCUT2D eigenvalue weighted by molar-refractivity contribution is 5.26. The summed E-state index contributed by atoms with van der Waals surface area (Å²) in [4.78, 5) is 0. The Morgan fingerprint density at radius 1 is 1.22 bits per heavy atom. The van der Waals surface area contributed by atoms with Crippen LogP contribution in [-0.4, -0.2) is 17.1 Å². The predicted molar refractivity (Wildman–Crippen MR) is 55.0 cm³/mol. The van der Waals surface area contributed by atoms with Crippen molar-refractivity contribution in [1.29, 1.82) is 0 Å². The van der Waals surface area contributed by atoms with Crippen LogP contribution in [0.1, 0.15) is 11.1 Å². The lowest BCUT2D eigenvalue weighted by molar-refractivity contribution is -0.137. The largest absolute Gasteiger partial charge is 0.416 e. The average Bonchev–Trinajstić information content (AvgIpc) is 2.26. The molecule has 0 amide bonds.